The van der Waals surface area contributed by atoms with Crippen LogP contribution >= 0.6 is 11.8 Å². The summed E-state index contributed by atoms with van der Waals surface area (Å²) in [6, 6.07) is 9.85. The number of hydrogen-bond acceptors (Lipinski definition) is 4. The molecule has 1 aromatic rings. The standard InChI is InChI=1S/C15H23NO2S/c1-4-16-15(11-12-19-3,14(17)18-5-2)13-9-7-6-8-10-13/h6-10,16H,4-5,11-12H2,1-3H3. The van der Waals surface area contributed by atoms with Crippen molar-refractivity contribution < 1.29 is 9.53 Å². The SMILES string of the molecule is CCNC(CCSC)(C(=O)OCC)c1ccccc1. The van der Waals surface area contributed by atoms with Gasteiger partial charge in [-0.2, -0.15) is 11.8 Å². The van der Waals surface area contributed by atoms with Gasteiger partial charge in [-0.3, -0.25) is 5.32 Å². The highest BCUT2D eigenvalue weighted by Gasteiger charge is 2.40. The van der Waals surface area contributed by atoms with E-state index in [1.54, 1.807) is 11.8 Å². The summed E-state index contributed by atoms with van der Waals surface area (Å²) >= 11 is 1.74. The number of rotatable bonds is 8. The lowest BCUT2D eigenvalue weighted by atomic mass is 9.87. The molecule has 1 N–H and O–H groups in total. The van der Waals surface area contributed by atoms with Crippen molar-refractivity contribution in [1.29, 1.82) is 0 Å². The molecule has 0 bridgehead atoms. The smallest absolute Gasteiger partial charge is 0.331 e. The van der Waals surface area contributed by atoms with Crippen LogP contribution in [0.15, 0.2) is 30.3 Å². The van der Waals surface area contributed by atoms with Crippen LogP contribution in [0.1, 0.15) is 25.8 Å². The minimum Gasteiger partial charge on any atom is -0.464 e. The van der Waals surface area contributed by atoms with Gasteiger partial charge in [0, 0.05) is 0 Å². The zero-order valence-electron chi connectivity index (χ0n) is 11.9. The molecule has 0 amide bonds. The normalized spacial score (nSPS) is 13.8. The monoisotopic (exact) mass is 281 g/mol. The first-order valence-corrected chi connectivity index (χ1v) is 8.07. The summed E-state index contributed by atoms with van der Waals surface area (Å²) in [6.45, 7) is 4.98. The number of carbonyl (C=O) groups excluding carboxylic acids is 1. The van der Waals surface area contributed by atoms with Crippen LogP contribution in [0.2, 0.25) is 0 Å². The summed E-state index contributed by atoms with van der Waals surface area (Å²) < 4.78 is 5.30. The molecule has 0 aromatic heterocycles. The number of benzene rings is 1. The number of hydrogen-bond donors (Lipinski definition) is 1. The molecular weight excluding hydrogens is 258 g/mol. The molecule has 0 saturated carbocycles. The predicted octanol–water partition coefficient (Wildman–Crippen LogP) is 2.81. The van der Waals surface area contributed by atoms with Crippen molar-refractivity contribution in [3.8, 4) is 0 Å². The maximum atomic E-state index is 12.5. The van der Waals surface area contributed by atoms with Gasteiger partial charge in [0.15, 0.2) is 0 Å². The van der Waals surface area contributed by atoms with Crippen LogP contribution in [-0.2, 0) is 15.1 Å². The second kappa shape index (κ2) is 8.23. The summed E-state index contributed by atoms with van der Waals surface area (Å²) in [5, 5.41) is 3.34. The van der Waals surface area contributed by atoms with Crippen LogP contribution in [0, 0.1) is 0 Å². The minimum absolute atomic E-state index is 0.183. The van der Waals surface area contributed by atoms with E-state index in [9.17, 15) is 4.79 Å². The Morgan fingerprint density at radius 1 is 1.32 bits per heavy atom. The highest BCUT2D eigenvalue weighted by atomic mass is 32.2. The molecule has 4 heteroatoms. The Bertz CT molecular complexity index is 383. The number of esters is 1. The minimum atomic E-state index is -0.727. The van der Waals surface area contributed by atoms with E-state index in [0.717, 1.165) is 24.3 Å². The Morgan fingerprint density at radius 3 is 2.53 bits per heavy atom. The quantitative estimate of drug-likeness (QED) is 0.744. The number of ether oxygens (including phenoxy) is 1. The topological polar surface area (TPSA) is 38.3 Å². The van der Waals surface area contributed by atoms with Crippen LogP contribution in [0.25, 0.3) is 0 Å². The van der Waals surface area contributed by atoms with E-state index in [-0.39, 0.29) is 5.97 Å². The van der Waals surface area contributed by atoms with Gasteiger partial charge in [-0.1, -0.05) is 37.3 Å². The molecule has 1 unspecified atom stereocenters. The third kappa shape index (κ3) is 3.98. The summed E-state index contributed by atoms with van der Waals surface area (Å²) in [4.78, 5) is 12.5. The summed E-state index contributed by atoms with van der Waals surface area (Å²) in [6.07, 6.45) is 2.78. The first kappa shape index (κ1) is 16.1. The maximum Gasteiger partial charge on any atom is 0.331 e. The summed E-state index contributed by atoms with van der Waals surface area (Å²) in [7, 11) is 0. The van der Waals surface area contributed by atoms with E-state index in [4.69, 9.17) is 4.74 Å². The van der Waals surface area contributed by atoms with E-state index in [0.29, 0.717) is 6.61 Å². The van der Waals surface area contributed by atoms with Crippen LogP contribution in [0.5, 0.6) is 0 Å². The summed E-state index contributed by atoms with van der Waals surface area (Å²) in [5.41, 5.74) is 0.249. The third-order valence-electron chi connectivity index (χ3n) is 3.05. The van der Waals surface area contributed by atoms with Crippen LogP contribution in [0.4, 0.5) is 0 Å². The van der Waals surface area contributed by atoms with E-state index >= 15 is 0 Å². The Kier molecular flexibility index (Phi) is 6.95. The van der Waals surface area contributed by atoms with E-state index < -0.39 is 5.54 Å². The van der Waals surface area contributed by atoms with E-state index in [1.807, 2.05) is 50.4 Å². The average Bonchev–Trinajstić information content (AvgIpc) is 2.44. The van der Waals surface area contributed by atoms with Gasteiger partial charge in [0.05, 0.1) is 6.61 Å². The fourth-order valence-electron chi connectivity index (χ4n) is 2.16. The fourth-order valence-corrected chi connectivity index (χ4v) is 2.67. The molecule has 0 radical (unpaired) electrons. The lowest BCUT2D eigenvalue weighted by Gasteiger charge is -2.32. The average molecular weight is 281 g/mol. The highest BCUT2D eigenvalue weighted by molar-refractivity contribution is 7.98. The van der Waals surface area contributed by atoms with Gasteiger partial charge in [0.2, 0.25) is 0 Å². The number of likely N-dealkylation sites (N-methyl/N-ethyl adjacent to an activating group) is 1. The van der Waals surface area contributed by atoms with Gasteiger partial charge in [-0.15, -0.1) is 0 Å². The molecule has 0 aliphatic carbocycles. The molecular formula is C15H23NO2S. The first-order chi connectivity index (χ1) is 9.21. The van der Waals surface area contributed by atoms with Crippen LogP contribution in [0.3, 0.4) is 0 Å². The summed E-state index contributed by atoms with van der Waals surface area (Å²) in [5.74, 6) is 0.720. The van der Waals surface area contributed by atoms with Gasteiger partial charge >= 0.3 is 5.97 Å². The highest BCUT2D eigenvalue weighted by Crippen LogP contribution is 2.28. The van der Waals surface area contributed by atoms with Crippen LogP contribution < -0.4 is 5.32 Å². The number of thioether (sulfide) groups is 1. The molecule has 0 spiro atoms. The van der Waals surface area contributed by atoms with Crippen molar-refractivity contribution in [3.63, 3.8) is 0 Å². The molecule has 0 fully saturated rings. The van der Waals surface area contributed by atoms with Gasteiger partial charge in [-0.05, 0) is 37.5 Å². The molecule has 3 nitrogen and oxygen atoms in total. The molecule has 0 heterocycles. The van der Waals surface area contributed by atoms with Gasteiger partial charge in [0.1, 0.15) is 5.54 Å². The number of nitrogens with one attached hydrogen (secondary N) is 1. The maximum absolute atomic E-state index is 12.5. The van der Waals surface area contributed by atoms with E-state index in [1.165, 1.54) is 0 Å². The fraction of sp³-hybridized carbons (Fsp3) is 0.533. The Morgan fingerprint density at radius 2 is 2.00 bits per heavy atom. The molecule has 19 heavy (non-hydrogen) atoms. The molecule has 1 rings (SSSR count). The zero-order chi connectivity index (χ0) is 14.1. The van der Waals surface area contributed by atoms with E-state index in [2.05, 4.69) is 5.32 Å². The van der Waals surface area contributed by atoms with Crippen molar-refractivity contribution in [2.75, 3.05) is 25.2 Å². The molecule has 0 aliphatic rings. The second-order valence-electron chi connectivity index (χ2n) is 4.26. The molecule has 106 valence electrons. The lowest BCUT2D eigenvalue weighted by Crippen LogP contribution is -2.50. The first-order valence-electron chi connectivity index (χ1n) is 6.68. The van der Waals surface area contributed by atoms with Crippen molar-refractivity contribution in [3.05, 3.63) is 35.9 Å². The van der Waals surface area contributed by atoms with Gasteiger partial charge < -0.3 is 4.74 Å². The largest absolute Gasteiger partial charge is 0.464 e. The van der Waals surface area contributed by atoms with Crippen molar-refractivity contribution in [2.45, 2.75) is 25.8 Å². The zero-order valence-corrected chi connectivity index (χ0v) is 12.8. The second-order valence-corrected chi connectivity index (χ2v) is 5.25. The third-order valence-corrected chi connectivity index (χ3v) is 3.66. The van der Waals surface area contributed by atoms with Crippen molar-refractivity contribution >= 4 is 17.7 Å². The number of carbonyl (C=O) groups is 1. The molecule has 1 aromatic carbocycles. The predicted molar refractivity (Wildman–Crippen MR) is 81.4 cm³/mol. The Balaban J connectivity index is 3.14. The van der Waals surface area contributed by atoms with Gasteiger partial charge in [0.25, 0.3) is 0 Å². The van der Waals surface area contributed by atoms with Crippen LogP contribution in [-0.4, -0.2) is 31.1 Å². The lowest BCUT2D eigenvalue weighted by molar-refractivity contribution is -0.152. The van der Waals surface area contributed by atoms with Crippen molar-refractivity contribution in [2.24, 2.45) is 0 Å². The van der Waals surface area contributed by atoms with Gasteiger partial charge in [-0.25, -0.2) is 4.79 Å². The molecule has 1 atom stereocenters. The molecule has 0 aliphatic heterocycles. The Labute approximate surface area is 120 Å². The Hall–Kier alpha value is -1.00. The van der Waals surface area contributed by atoms with Crippen molar-refractivity contribution in [1.82, 2.24) is 5.32 Å². The molecule has 0 saturated heterocycles.